The minimum Gasteiger partial charge on any atom is -0.352 e. The van der Waals surface area contributed by atoms with Crippen LogP contribution in [0, 0.1) is 0 Å². The molecule has 0 aromatic carbocycles. The summed E-state index contributed by atoms with van der Waals surface area (Å²) in [5, 5.41) is 5.19. The molecule has 1 amide bonds. The summed E-state index contributed by atoms with van der Waals surface area (Å²) >= 11 is 1.72. The number of anilines is 1. The number of rotatable bonds is 6. The monoisotopic (exact) mass is 345 g/mol. The highest BCUT2D eigenvalue weighted by Gasteiger charge is 2.32. The van der Waals surface area contributed by atoms with Gasteiger partial charge in [0.2, 0.25) is 11.9 Å². The summed E-state index contributed by atoms with van der Waals surface area (Å²) < 4.78 is 0. The van der Waals surface area contributed by atoms with Gasteiger partial charge in [-0.3, -0.25) is 4.79 Å². The molecule has 7 heteroatoms. The van der Waals surface area contributed by atoms with Gasteiger partial charge in [0, 0.05) is 30.4 Å². The zero-order chi connectivity index (χ0) is 16.9. The Morgan fingerprint density at radius 2 is 2.21 bits per heavy atom. The predicted molar refractivity (Wildman–Crippen MR) is 96.2 cm³/mol. The summed E-state index contributed by atoms with van der Waals surface area (Å²) in [6.45, 7) is 1.43. The number of aromatic nitrogens is 2. The number of hydrogen-bond acceptors (Lipinski definition) is 6. The van der Waals surface area contributed by atoms with E-state index in [1.54, 1.807) is 29.8 Å². The Hall–Kier alpha value is -1.99. The predicted octanol–water partition coefficient (Wildman–Crippen LogP) is 1.93. The van der Waals surface area contributed by atoms with E-state index in [0.29, 0.717) is 12.5 Å². The zero-order valence-corrected chi connectivity index (χ0v) is 14.9. The zero-order valence-electron chi connectivity index (χ0n) is 14.1. The third kappa shape index (κ3) is 3.73. The van der Waals surface area contributed by atoms with Gasteiger partial charge in [0.25, 0.3) is 0 Å². The number of thiophene rings is 1. The average molecular weight is 345 g/mol. The highest BCUT2D eigenvalue weighted by Crippen LogP contribution is 2.24. The van der Waals surface area contributed by atoms with E-state index >= 15 is 0 Å². The van der Waals surface area contributed by atoms with E-state index in [-0.39, 0.29) is 18.0 Å². The van der Waals surface area contributed by atoms with E-state index in [0.717, 1.165) is 19.4 Å². The number of carbonyl (C=O) groups is 1. The van der Waals surface area contributed by atoms with E-state index in [2.05, 4.69) is 31.6 Å². The molecule has 1 N–H and O–H groups in total. The van der Waals surface area contributed by atoms with Crippen molar-refractivity contribution in [3.8, 4) is 0 Å². The van der Waals surface area contributed by atoms with Crippen molar-refractivity contribution in [3.63, 3.8) is 0 Å². The molecule has 0 radical (unpaired) electrons. The average Bonchev–Trinajstić information content (AvgIpc) is 3.27. The van der Waals surface area contributed by atoms with Gasteiger partial charge >= 0.3 is 0 Å². The Kier molecular flexibility index (Phi) is 5.42. The van der Waals surface area contributed by atoms with E-state index in [9.17, 15) is 4.79 Å². The van der Waals surface area contributed by atoms with Crippen molar-refractivity contribution in [3.05, 3.63) is 40.8 Å². The van der Waals surface area contributed by atoms with Gasteiger partial charge in [0.15, 0.2) is 0 Å². The fourth-order valence-corrected chi connectivity index (χ4v) is 3.97. The number of likely N-dealkylation sites (N-methyl/N-ethyl adjacent to an activating group) is 1. The minimum absolute atomic E-state index is 0.0587. The van der Waals surface area contributed by atoms with Gasteiger partial charge in [-0.05, 0) is 44.4 Å². The molecule has 128 valence electrons. The molecule has 1 aliphatic heterocycles. The first-order chi connectivity index (χ1) is 11.7. The second-order valence-corrected chi connectivity index (χ2v) is 7.12. The van der Waals surface area contributed by atoms with Crippen LogP contribution in [0.2, 0.25) is 0 Å². The number of nitrogens with zero attached hydrogens (tertiary/aromatic N) is 4. The molecule has 0 unspecified atom stereocenters. The van der Waals surface area contributed by atoms with E-state index in [4.69, 9.17) is 0 Å². The van der Waals surface area contributed by atoms with Gasteiger partial charge in [0.05, 0.1) is 6.04 Å². The third-order valence-corrected chi connectivity index (χ3v) is 5.30. The second kappa shape index (κ2) is 7.72. The molecule has 0 aliphatic carbocycles. The normalized spacial score (nSPS) is 18.8. The van der Waals surface area contributed by atoms with Crippen molar-refractivity contribution in [2.45, 2.75) is 24.9 Å². The van der Waals surface area contributed by atoms with Crippen LogP contribution in [-0.2, 0) is 4.79 Å². The Morgan fingerprint density at radius 1 is 1.42 bits per heavy atom. The quantitative estimate of drug-likeness (QED) is 0.867. The lowest BCUT2D eigenvalue weighted by Crippen LogP contribution is -2.46. The van der Waals surface area contributed by atoms with Crippen LogP contribution in [0.25, 0.3) is 0 Å². The number of nitrogens with one attached hydrogen (secondary N) is 1. The smallest absolute Gasteiger partial charge is 0.242 e. The lowest BCUT2D eigenvalue weighted by atomic mass is 10.2. The van der Waals surface area contributed by atoms with Crippen LogP contribution in [0.1, 0.15) is 23.8 Å². The molecule has 24 heavy (non-hydrogen) atoms. The first kappa shape index (κ1) is 16.9. The Balaban J connectivity index is 1.64. The molecule has 1 aliphatic rings. The first-order valence-electron chi connectivity index (χ1n) is 8.18. The SMILES string of the molecule is CN(C)[C@H](CNC(=O)[C@@H]1CCCN1c1ncccn1)c1cccs1. The molecule has 1 fully saturated rings. The van der Waals surface area contributed by atoms with Crippen LogP contribution in [0.3, 0.4) is 0 Å². The summed E-state index contributed by atoms with van der Waals surface area (Å²) in [5.74, 6) is 0.695. The highest BCUT2D eigenvalue weighted by molar-refractivity contribution is 7.10. The van der Waals surface area contributed by atoms with Crippen molar-refractivity contribution in [1.82, 2.24) is 20.2 Å². The lowest BCUT2D eigenvalue weighted by molar-refractivity contribution is -0.122. The first-order valence-corrected chi connectivity index (χ1v) is 9.06. The Morgan fingerprint density at radius 3 is 2.88 bits per heavy atom. The fraction of sp³-hybridized carbons (Fsp3) is 0.471. The summed E-state index contributed by atoms with van der Waals surface area (Å²) in [6.07, 6.45) is 5.26. The third-order valence-electron chi connectivity index (χ3n) is 4.33. The molecular formula is C17H23N5OS. The summed E-state index contributed by atoms with van der Waals surface area (Å²) in [7, 11) is 4.08. The summed E-state index contributed by atoms with van der Waals surface area (Å²) in [5.41, 5.74) is 0. The maximum Gasteiger partial charge on any atom is 0.242 e. The Labute approximate surface area is 146 Å². The molecule has 3 rings (SSSR count). The molecular weight excluding hydrogens is 322 g/mol. The second-order valence-electron chi connectivity index (χ2n) is 6.14. The van der Waals surface area contributed by atoms with Crippen LogP contribution < -0.4 is 10.2 Å². The maximum absolute atomic E-state index is 12.7. The Bertz CT molecular complexity index is 646. The summed E-state index contributed by atoms with van der Waals surface area (Å²) in [6, 6.07) is 5.96. The largest absolute Gasteiger partial charge is 0.352 e. The van der Waals surface area contributed by atoms with Crippen LogP contribution in [-0.4, -0.2) is 54.0 Å². The van der Waals surface area contributed by atoms with Gasteiger partial charge < -0.3 is 15.1 Å². The van der Waals surface area contributed by atoms with Gasteiger partial charge in [-0.1, -0.05) is 6.07 Å². The van der Waals surface area contributed by atoms with E-state index < -0.39 is 0 Å². The topological polar surface area (TPSA) is 61.4 Å². The van der Waals surface area contributed by atoms with Crippen LogP contribution in [0.15, 0.2) is 36.0 Å². The molecule has 6 nitrogen and oxygen atoms in total. The number of carbonyl (C=O) groups excluding carboxylic acids is 1. The van der Waals surface area contributed by atoms with Gasteiger partial charge in [-0.2, -0.15) is 0 Å². The lowest BCUT2D eigenvalue weighted by Gasteiger charge is -2.27. The van der Waals surface area contributed by atoms with Crippen molar-refractivity contribution < 1.29 is 4.79 Å². The van der Waals surface area contributed by atoms with Gasteiger partial charge in [-0.25, -0.2) is 9.97 Å². The van der Waals surface area contributed by atoms with Crippen molar-refractivity contribution in [2.75, 3.05) is 32.1 Å². The standard InChI is InChI=1S/C17H23N5OS/c1-21(2)14(15-7-4-11-24-15)12-20-16(23)13-6-3-10-22(13)17-18-8-5-9-19-17/h4-5,7-9,11,13-14H,3,6,10,12H2,1-2H3,(H,20,23)/t13-,14+/m0/s1. The molecule has 2 aromatic rings. The van der Waals surface area contributed by atoms with Crippen molar-refractivity contribution >= 4 is 23.2 Å². The molecule has 2 aromatic heterocycles. The molecule has 0 bridgehead atoms. The number of amides is 1. The minimum atomic E-state index is -0.182. The van der Waals surface area contributed by atoms with E-state index in [1.165, 1.54) is 4.88 Å². The van der Waals surface area contributed by atoms with Crippen molar-refractivity contribution in [2.24, 2.45) is 0 Å². The molecule has 2 atom stereocenters. The summed E-state index contributed by atoms with van der Waals surface area (Å²) in [4.78, 5) is 26.7. The van der Waals surface area contributed by atoms with Crippen LogP contribution in [0.5, 0.6) is 0 Å². The number of hydrogen-bond donors (Lipinski definition) is 1. The van der Waals surface area contributed by atoms with Gasteiger partial charge in [0.1, 0.15) is 6.04 Å². The molecule has 1 saturated heterocycles. The van der Waals surface area contributed by atoms with Crippen LogP contribution in [0.4, 0.5) is 5.95 Å². The fourth-order valence-electron chi connectivity index (χ4n) is 3.05. The maximum atomic E-state index is 12.7. The van der Waals surface area contributed by atoms with Crippen molar-refractivity contribution in [1.29, 1.82) is 0 Å². The van der Waals surface area contributed by atoms with Gasteiger partial charge in [-0.15, -0.1) is 11.3 Å². The molecule has 0 spiro atoms. The van der Waals surface area contributed by atoms with Crippen LogP contribution >= 0.6 is 11.3 Å². The van der Waals surface area contributed by atoms with E-state index in [1.807, 2.05) is 25.1 Å². The molecule has 0 saturated carbocycles. The molecule has 3 heterocycles. The highest BCUT2D eigenvalue weighted by atomic mass is 32.1.